The second-order valence-corrected chi connectivity index (χ2v) is 9.90. The summed E-state index contributed by atoms with van der Waals surface area (Å²) in [5.74, 6) is 0.631. The van der Waals surface area contributed by atoms with Gasteiger partial charge in [-0.15, -0.1) is 11.3 Å². The maximum Gasteiger partial charge on any atom is 0.169 e. The third kappa shape index (κ3) is 3.91. The smallest absolute Gasteiger partial charge is 0.169 e. The molecule has 0 aliphatic carbocycles. The number of rotatable bonds is 6. The van der Waals surface area contributed by atoms with Crippen LogP contribution in [0.2, 0.25) is 0 Å². The first-order valence-electron chi connectivity index (χ1n) is 11.5. The Balaban J connectivity index is 1.43. The number of fused-ring (bicyclic) bond motifs is 2. The molecule has 0 saturated carbocycles. The summed E-state index contributed by atoms with van der Waals surface area (Å²) in [5.41, 5.74) is 7.18. The van der Waals surface area contributed by atoms with Crippen LogP contribution in [0, 0.1) is 0 Å². The van der Waals surface area contributed by atoms with E-state index in [0.29, 0.717) is 28.0 Å². The summed E-state index contributed by atoms with van der Waals surface area (Å²) < 4.78 is 0. The molecule has 0 atom stereocenters. The highest BCUT2D eigenvalue weighted by Crippen LogP contribution is 2.34. The van der Waals surface area contributed by atoms with Gasteiger partial charge in [-0.25, -0.2) is 9.97 Å². The molecule has 0 radical (unpaired) electrons. The van der Waals surface area contributed by atoms with E-state index < -0.39 is 0 Å². The number of Topliss-reactive ketones (excluding diaryl/α,β-unsaturated/α-hetero) is 1. The van der Waals surface area contributed by atoms with Gasteiger partial charge in [-0.1, -0.05) is 0 Å². The molecule has 3 N–H and O–H groups in total. The number of hydrogen-bond acceptors (Lipinski definition) is 8. The molecule has 0 fully saturated rings. The lowest BCUT2D eigenvalue weighted by atomic mass is 10.1. The molecule has 6 heterocycles. The van der Waals surface area contributed by atoms with Gasteiger partial charge in [-0.3, -0.25) is 19.9 Å². The zero-order valence-electron chi connectivity index (χ0n) is 19.8. The standard InChI is InChI=1S/C26H22N8OS/c1-13(2)29-16-8-15(9-27-10-16)18-4-5-19-24(30-18)25(34-33-19)26-31-20-12-28-11-17(23(20)32-26)22-7-6-21(36-22)14(3)35/h4-13,29H,1-3H3,(H,31,32)(H,33,34). The van der Waals surface area contributed by atoms with Gasteiger partial charge in [0, 0.05) is 40.6 Å². The van der Waals surface area contributed by atoms with Crippen molar-refractivity contribution < 1.29 is 4.79 Å². The van der Waals surface area contributed by atoms with Crippen LogP contribution in [-0.2, 0) is 0 Å². The maximum absolute atomic E-state index is 11.8. The molecule has 0 saturated heterocycles. The van der Waals surface area contributed by atoms with Crippen LogP contribution < -0.4 is 5.32 Å². The molecule has 0 spiro atoms. The average molecular weight is 495 g/mol. The highest BCUT2D eigenvalue weighted by molar-refractivity contribution is 7.17. The van der Waals surface area contributed by atoms with E-state index >= 15 is 0 Å². The summed E-state index contributed by atoms with van der Waals surface area (Å²) in [7, 11) is 0. The van der Waals surface area contributed by atoms with Crippen molar-refractivity contribution in [1.82, 2.24) is 35.1 Å². The van der Waals surface area contributed by atoms with Crippen molar-refractivity contribution in [3.05, 3.63) is 60.0 Å². The van der Waals surface area contributed by atoms with Gasteiger partial charge in [0.25, 0.3) is 0 Å². The quantitative estimate of drug-likeness (QED) is 0.253. The topological polar surface area (TPSA) is 125 Å². The van der Waals surface area contributed by atoms with Crippen LogP contribution in [0.15, 0.2) is 55.1 Å². The molecule has 36 heavy (non-hydrogen) atoms. The van der Waals surface area contributed by atoms with Gasteiger partial charge in [0.05, 0.1) is 33.5 Å². The number of imidazole rings is 1. The second kappa shape index (κ2) is 8.65. The Morgan fingerprint density at radius 3 is 2.64 bits per heavy atom. The molecule has 0 unspecified atom stereocenters. The second-order valence-electron chi connectivity index (χ2n) is 8.81. The highest BCUT2D eigenvalue weighted by Gasteiger charge is 2.18. The number of hydrogen-bond donors (Lipinski definition) is 3. The first kappa shape index (κ1) is 22.1. The minimum atomic E-state index is 0.0414. The van der Waals surface area contributed by atoms with E-state index in [-0.39, 0.29) is 5.78 Å². The maximum atomic E-state index is 11.8. The van der Waals surface area contributed by atoms with Gasteiger partial charge in [0.1, 0.15) is 11.0 Å². The van der Waals surface area contributed by atoms with Gasteiger partial charge in [0.2, 0.25) is 0 Å². The number of thiophene rings is 1. The van der Waals surface area contributed by atoms with E-state index in [1.165, 1.54) is 11.3 Å². The predicted octanol–water partition coefficient (Wildman–Crippen LogP) is 5.71. The Morgan fingerprint density at radius 2 is 1.83 bits per heavy atom. The van der Waals surface area contributed by atoms with Crippen molar-refractivity contribution in [3.8, 4) is 33.2 Å². The Hall–Kier alpha value is -4.44. The fraction of sp³-hybridized carbons (Fsp3) is 0.154. The van der Waals surface area contributed by atoms with E-state index in [9.17, 15) is 4.79 Å². The number of aromatic nitrogens is 7. The van der Waals surface area contributed by atoms with E-state index in [1.54, 1.807) is 31.7 Å². The molecule has 6 aromatic rings. The Bertz CT molecular complexity index is 1750. The van der Waals surface area contributed by atoms with Gasteiger partial charge in [-0.05, 0) is 51.1 Å². The molecule has 0 bridgehead atoms. The molecule has 0 amide bonds. The van der Waals surface area contributed by atoms with Crippen LogP contribution in [0.5, 0.6) is 0 Å². The SMILES string of the molecule is CC(=O)c1ccc(-c2cncc3[nH]c(-c4n[nH]c5ccc(-c6cncc(NC(C)C)c6)nc45)nc23)s1. The van der Waals surface area contributed by atoms with E-state index in [0.717, 1.165) is 43.9 Å². The molecule has 9 nitrogen and oxygen atoms in total. The molecule has 6 rings (SSSR count). The molecular formula is C26H22N8OS. The monoisotopic (exact) mass is 494 g/mol. The first-order valence-corrected chi connectivity index (χ1v) is 12.3. The Labute approximate surface area is 210 Å². The summed E-state index contributed by atoms with van der Waals surface area (Å²) in [6.45, 7) is 5.74. The van der Waals surface area contributed by atoms with Crippen LogP contribution in [0.3, 0.4) is 0 Å². The lowest BCUT2D eigenvalue weighted by Crippen LogP contribution is -2.09. The Morgan fingerprint density at radius 1 is 0.972 bits per heavy atom. The van der Waals surface area contributed by atoms with E-state index in [2.05, 4.69) is 44.3 Å². The summed E-state index contributed by atoms with van der Waals surface area (Å²) >= 11 is 1.43. The molecule has 0 aromatic carbocycles. The van der Waals surface area contributed by atoms with E-state index in [4.69, 9.17) is 9.97 Å². The summed E-state index contributed by atoms with van der Waals surface area (Å²) in [6, 6.07) is 10.0. The van der Waals surface area contributed by atoms with Crippen LogP contribution in [0.25, 0.3) is 55.3 Å². The van der Waals surface area contributed by atoms with Crippen LogP contribution in [0.1, 0.15) is 30.4 Å². The average Bonchev–Trinajstić information content (AvgIpc) is 3.60. The molecule has 10 heteroatoms. The van der Waals surface area contributed by atoms with Gasteiger partial charge in [0.15, 0.2) is 17.3 Å². The van der Waals surface area contributed by atoms with Crippen molar-refractivity contribution >= 4 is 44.9 Å². The molecule has 0 aliphatic rings. The Kier molecular flexibility index (Phi) is 5.30. The number of H-pyrrole nitrogens is 2. The van der Waals surface area contributed by atoms with Crippen molar-refractivity contribution in [1.29, 1.82) is 0 Å². The van der Waals surface area contributed by atoms with Gasteiger partial charge >= 0.3 is 0 Å². The highest BCUT2D eigenvalue weighted by atomic mass is 32.1. The lowest BCUT2D eigenvalue weighted by molar-refractivity contribution is 0.102. The summed E-state index contributed by atoms with van der Waals surface area (Å²) in [6.07, 6.45) is 7.11. The van der Waals surface area contributed by atoms with Crippen LogP contribution in [-0.4, -0.2) is 46.9 Å². The predicted molar refractivity (Wildman–Crippen MR) is 142 cm³/mol. The van der Waals surface area contributed by atoms with Crippen molar-refractivity contribution in [2.24, 2.45) is 0 Å². The number of pyridine rings is 3. The fourth-order valence-electron chi connectivity index (χ4n) is 4.11. The van der Waals surface area contributed by atoms with Gasteiger partial charge in [-0.2, -0.15) is 5.10 Å². The third-order valence-corrected chi connectivity index (χ3v) is 6.95. The van der Waals surface area contributed by atoms with Crippen LogP contribution in [0.4, 0.5) is 5.69 Å². The normalized spacial score (nSPS) is 11.6. The zero-order chi connectivity index (χ0) is 24.8. The van der Waals surface area contributed by atoms with Crippen molar-refractivity contribution in [2.45, 2.75) is 26.8 Å². The zero-order valence-corrected chi connectivity index (χ0v) is 20.6. The minimum Gasteiger partial charge on any atom is -0.382 e. The fourth-order valence-corrected chi connectivity index (χ4v) is 5.03. The van der Waals surface area contributed by atoms with Crippen molar-refractivity contribution in [2.75, 3.05) is 5.32 Å². The number of nitrogens with zero attached hydrogens (tertiary/aromatic N) is 5. The molecule has 178 valence electrons. The van der Waals surface area contributed by atoms with Gasteiger partial charge < -0.3 is 10.3 Å². The third-order valence-electron chi connectivity index (χ3n) is 5.73. The molecule has 0 aliphatic heterocycles. The number of carbonyl (C=O) groups is 1. The number of carbonyl (C=O) groups excluding carboxylic acids is 1. The lowest BCUT2D eigenvalue weighted by Gasteiger charge is -2.10. The summed E-state index contributed by atoms with van der Waals surface area (Å²) in [4.78, 5) is 35.3. The largest absolute Gasteiger partial charge is 0.382 e. The number of nitrogens with one attached hydrogen (secondary N) is 3. The number of anilines is 1. The first-order chi connectivity index (χ1) is 17.5. The number of aromatic amines is 2. The summed E-state index contributed by atoms with van der Waals surface area (Å²) in [5, 5.41) is 10.9. The van der Waals surface area contributed by atoms with Crippen LogP contribution >= 0.6 is 11.3 Å². The molecular weight excluding hydrogens is 472 g/mol. The molecule has 6 aromatic heterocycles. The number of ketones is 1. The van der Waals surface area contributed by atoms with Crippen molar-refractivity contribution in [3.63, 3.8) is 0 Å². The minimum absolute atomic E-state index is 0.0414. The van der Waals surface area contributed by atoms with E-state index in [1.807, 2.05) is 30.3 Å².